The second-order valence-corrected chi connectivity index (χ2v) is 6.50. The molecule has 7 heteroatoms. The summed E-state index contributed by atoms with van der Waals surface area (Å²) in [4.78, 5) is 25.5. The minimum atomic E-state index is -0.488. The van der Waals surface area contributed by atoms with E-state index in [-0.39, 0.29) is 11.6 Å². The van der Waals surface area contributed by atoms with Gasteiger partial charge in [-0.25, -0.2) is 0 Å². The number of carbonyl (C=O) groups is 1. The van der Waals surface area contributed by atoms with Crippen LogP contribution in [0.2, 0.25) is 5.02 Å². The molecule has 1 fully saturated rings. The van der Waals surface area contributed by atoms with Crippen molar-refractivity contribution in [2.75, 3.05) is 23.3 Å². The van der Waals surface area contributed by atoms with Crippen LogP contribution in [0.15, 0.2) is 36.4 Å². The minimum Gasteiger partial charge on any atom is -0.371 e. The molecule has 1 heterocycles. The number of nitrogens with zero attached hydrogens (tertiary/aromatic N) is 2. The number of non-ortho nitro benzene ring substituents is 1. The second-order valence-electron chi connectivity index (χ2n) is 6.07. The fourth-order valence-electron chi connectivity index (χ4n) is 3.01. The van der Waals surface area contributed by atoms with Gasteiger partial charge in [0.2, 0.25) is 0 Å². The number of benzene rings is 2. The summed E-state index contributed by atoms with van der Waals surface area (Å²) in [6.45, 7) is 3.53. The summed E-state index contributed by atoms with van der Waals surface area (Å²) in [7, 11) is 0. The average molecular weight is 360 g/mol. The molecule has 1 amide bonds. The van der Waals surface area contributed by atoms with Crippen LogP contribution in [0, 0.1) is 17.0 Å². The van der Waals surface area contributed by atoms with E-state index < -0.39 is 4.92 Å². The van der Waals surface area contributed by atoms with Gasteiger partial charge in [-0.15, -0.1) is 0 Å². The van der Waals surface area contributed by atoms with Crippen molar-refractivity contribution in [2.24, 2.45) is 0 Å². The van der Waals surface area contributed by atoms with Crippen molar-refractivity contribution in [1.29, 1.82) is 0 Å². The van der Waals surface area contributed by atoms with E-state index in [1.54, 1.807) is 24.3 Å². The highest BCUT2D eigenvalue weighted by Crippen LogP contribution is 2.29. The number of hydrogen-bond donors (Lipinski definition) is 1. The molecule has 0 saturated carbocycles. The van der Waals surface area contributed by atoms with E-state index in [0.717, 1.165) is 37.2 Å². The first-order chi connectivity index (χ1) is 12.0. The fraction of sp³-hybridized carbons (Fsp3) is 0.278. The van der Waals surface area contributed by atoms with Crippen LogP contribution >= 0.6 is 11.6 Å². The Morgan fingerprint density at radius 1 is 1.20 bits per heavy atom. The number of aryl methyl sites for hydroxylation is 1. The summed E-state index contributed by atoms with van der Waals surface area (Å²) in [5.41, 5.74) is 2.40. The quantitative estimate of drug-likeness (QED) is 0.648. The Bertz CT molecular complexity index is 832. The number of hydrogen-bond acceptors (Lipinski definition) is 4. The van der Waals surface area contributed by atoms with Crippen LogP contribution in [-0.4, -0.2) is 23.9 Å². The fourth-order valence-corrected chi connectivity index (χ4v) is 3.24. The average Bonchev–Trinajstić information content (AvgIpc) is 3.11. The summed E-state index contributed by atoms with van der Waals surface area (Å²) >= 11 is 5.94. The third-order valence-corrected chi connectivity index (χ3v) is 4.55. The normalized spacial score (nSPS) is 13.8. The van der Waals surface area contributed by atoms with Gasteiger partial charge in [0.25, 0.3) is 11.6 Å². The van der Waals surface area contributed by atoms with Crippen LogP contribution in [0.3, 0.4) is 0 Å². The van der Waals surface area contributed by atoms with Gasteiger partial charge in [-0.3, -0.25) is 14.9 Å². The Labute approximate surface area is 150 Å². The molecule has 2 aromatic carbocycles. The van der Waals surface area contributed by atoms with E-state index in [9.17, 15) is 14.9 Å². The molecule has 1 N–H and O–H groups in total. The molecule has 1 aliphatic heterocycles. The zero-order valence-electron chi connectivity index (χ0n) is 13.8. The van der Waals surface area contributed by atoms with E-state index in [0.29, 0.717) is 16.3 Å². The standard InChI is InChI=1S/C18H18ClN3O3/c1-12-10-13(19)4-6-16(12)20-18(23)15-11-14(22(24)25)5-7-17(15)21-8-2-3-9-21/h4-7,10-11H,2-3,8-9H2,1H3,(H,20,23). The maximum absolute atomic E-state index is 12.8. The Hall–Kier alpha value is -2.60. The molecule has 6 nitrogen and oxygen atoms in total. The second kappa shape index (κ2) is 7.11. The maximum Gasteiger partial charge on any atom is 0.270 e. The smallest absolute Gasteiger partial charge is 0.270 e. The van der Waals surface area contributed by atoms with Gasteiger partial charge < -0.3 is 10.2 Å². The van der Waals surface area contributed by atoms with Crippen LogP contribution in [0.5, 0.6) is 0 Å². The van der Waals surface area contributed by atoms with Crippen molar-refractivity contribution in [3.8, 4) is 0 Å². The number of rotatable bonds is 4. The molecule has 1 aliphatic rings. The van der Waals surface area contributed by atoms with Crippen LogP contribution in [0.4, 0.5) is 17.1 Å². The number of nitro benzene ring substituents is 1. The molecule has 3 rings (SSSR count). The minimum absolute atomic E-state index is 0.0964. The van der Waals surface area contributed by atoms with Crippen LogP contribution in [0.25, 0.3) is 0 Å². The first-order valence-corrected chi connectivity index (χ1v) is 8.44. The summed E-state index contributed by atoms with van der Waals surface area (Å²) in [5, 5.41) is 14.5. The lowest BCUT2D eigenvalue weighted by Gasteiger charge is -2.21. The van der Waals surface area contributed by atoms with Crippen LogP contribution in [-0.2, 0) is 0 Å². The third kappa shape index (κ3) is 3.74. The lowest BCUT2D eigenvalue weighted by Crippen LogP contribution is -2.23. The SMILES string of the molecule is Cc1cc(Cl)ccc1NC(=O)c1cc([N+](=O)[O-])ccc1N1CCCC1. The van der Waals surface area contributed by atoms with Gasteiger partial charge in [0.15, 0.2) is 0 Å². The van der Waals surface area contributed by atoms with E-state index in [1.165, 1.54) is 12.1 Å². The first-order valence-electron chi connectivity index (χ1n) is 8.06. The lowest BCUT2D eigenvalue weighted by atomic mass is 10.1. The zero-order valence-corrected chi connectivity index (χ0v) is 14.5. The molecule has 0 spiro atoms. The summed E-state index contributed by atoms with van der Waals surface area (Å²) in [6, 6.07) is 9.62. The molecule has 0 bridgehead atoms. The summed E-state index contributed by atoms with van der Waals surface area (Å²) < 4.78 is 0. The number of nitro groups is 1. The maximum atomic E-state index is 12.8. The highest BCUT2D eigenvalue weighted by molar-refractivity contribution is 6.30. The zero-order chi connectivity index (χ0) is 18.0. The van der Waals surface area contributed by atoms with Crippen molar-refractivity contribution in [2.45, 2.75) is 19.8 Å². The lowest BCUT2D eigenvalue weighted by molar-refractivity contribution is -0.384. The van der Waals surface area contributed by atoms with E-state index in [2.05, 4.69) is 10.2 Å². The van der Waals surface area contributed by atoms with Gasteiger partial charge >= 0.3 is 0 Å². The van der Waals surface area contributed by atoms with E-state index in [1.807, 2.05) is 6.92 Å². The monoisotopic (exact) mass is 359 g/mol. The van der Waals surface area contributed by atoms with Gasteiger partial charge in [-0.2, -0.15) is 0 Å². The van der Waals surface area contributed by atoms with Crippen LogP contribution in [0.1, 0.15) is 28.8 Å². The number of anilines is 2. The Kier molecular flexibility index (Phi) is 4.90. The predicted octanol–water partition coefficient (Wildman–Crippen LogP) is 4.41. The number of amides is 1. The van der Waals surface area contributed by atoms with Crippen molar-refractivity contribution >= 4 is 34.6 Å². The largest absolute Gasteiger partial charge is 0.371 e. The molecule has 0 aliphatic carbocycles. The molecule has 1 saturated heterocycles. The number of nitrogens with one attached hydrogen (secondary N) is 1. The molecule has 0 aromatic heterocycles. The third-order valence-electron chi connectivity index (χ3n) is 4.32. The van der Waals surface area contributed by atoms with Gasteiger partial charge in [0.05, 0.1) is 16.2 Å². The topological polar surface area (TPSA) is 75.5 Å². The highest BCUT2D eigenvalue weighted by Gasteiger charge is 2.22. The van der Waals surface area contributed by atoms with Crippen molar-refractivity contribution in [1.82, 2.24) is 0 Å². The Morgan fingerprint density at radius 3 is 2.56 bits per heavy atom. The number of carbonyl (C=O) groups excluding carboxylic acids is 1. The molecular formula is C18H18ClN3O3. The van der Waals surface area contributed by atoms with Gasteiger partial charge in [-0.05, 0) is 49.6 Å². The highest BCUT2D eigenvalue weighted by atomic mass is 35.5. The predicted molar refractivity (Wildman–Crippen MR) is 98.7 cm³/mol. The first kappa shape index (κ1) is 17.2. The molecule has 0 atom stereocenters. The molecule has 130 valence electrons. The summed E-state index contributed by atoms with van der Waals surface area (Å²) in [5.74, 6) is -0.365. The van der Waals surface area contributed by atoms with Crippen molar-refractivity contribution in [3.63, 3.8) is 0 Å². The molecule has 0 unspecified atom stereocenters. The molecule has 25 heavy (non-hydrogen) atoms. The van der Waals surface area contributed by atoms with Crippen molar-refractivity contribution < 1.29 is 9.72 Å². The van der Waals surface area contributed by atoms with E-state index >= 15 is 0 Å². The Morgan fingerprint density at radius 2 is 1.92 bits per heavy atom. The van der Waals surface area contributed by atoms with E-state index in [4.69, 9.17) is 11.6 Å². The van der Waals surface area contributed by atoms with Gasteiger partial charge in [0.1, 0.15) is 0 Å². The molecule has 0 radical (unpaired) electrons. The molecule has 2 aromatic rings. The van der Waals surface area contributed by atoms with Gasteiger partial charge in [-0.1, -0.05) is 11.6 Å². The molecular weight excluding hydrogens is 342 g/mol. The summed E-state index contributed by atoms with van der Waals surface area (Å²) in [6.07, 6.45) is 2.10. The van der Waals surface area contributed by atoms with Crippen LogP contribution < -0.4 is 10.2 Å². The van der Waals surface area contributed by atoms with Gasteiger partial charge in [0, 0.05) is 35.9 Å². The van der Waals surface area contributed by atoms with Crippen molar-refractivity contribution in [3.05, 3.63) is 62.7 Å². The Balaban J connectivity index is 1.96. The number of halogens is 1.